The highest BCUT2D eigenvalue weighted by atomic mass is 28.3. The van der Waals surface area contributed by atoms with Gasteiger partial charge in [-0.2, -0.15) is 0 Å². The fourth-order valence-electron chi connectivity index (χ4n) is 9.56. The molecule has 0 fully saturated rings. The van der Waals surface area contributed by atoms with Gasteiger partial charge in [0.15, 0.2) is 8.07 Å². The molecule has 0 amide bonds. The van der Waals surface area contributed by atoms with E-state index in [4.69, 9.17) is 4.98 Å². The molecule has 0 bridgehead atoms. The van der Waals surface area contributed by atoms with Crippen LogP contribution in [0.5, 0.6) is 0 Å². The summed E-state index contributed by atoms with van der Waals surface area (Å²) in [4.78, 5) is 7.50. The van der Waals surface area contributed by atoms with Crippen LogP contribution >= 0.6 is 0 Å². The van der Waals surface area contributed by atoms with Crippen molar-refractivity contribution in [1.29, 1.82) is 0 Å². The maximum atomic E-state index is 5.16. The summed E-state index contributed by atoms with van der Waals surface area (Å²) in [5.41, 5.74) is 15.2. The van der Waals surface area contributed by atoms with E-state index in [1.807, 2.05) is 6.20 Å². The minimum atomic E-state index is -2.65. The highest BCUT2D eigenvalue weighted by molar-refractivity contribution is 7.22. The summed E-state index contributed by atoms with van der Waals surface area (Å²) >= 11 is 0. The Kier molecular flexibility index (Phi) is 9.57. The SMILES string of the molecule is c1ccc(-c2ccc(N(c3ccc(-c4ccccc4)cc3)c3ccc(-c4cccc(-c5cccc6c5-c5ncccc5[Si]6(c5ccccc5)c5ccccc5)c4)cc3)cc2)cc1. The summed E-state index contributed by atoms with van der Waals surface area (Å²) in [5, 5.41) is 5.49. The van der Waals surface area contributed by atoms with Gasteiger partial charge in [0.2, 0.25) is 0 Å². The largest absolute Gasteiger partial charge is 0.311 e. The molecule has 2 heterocycles. The average molecular weight is 807 g/mol. The van der Waals surface area contributed by atoms with E-state index in [2.05, 4.69) is 254 Å². The first-order valence-electron chi connectivity index (χ1n) is 21.3. The summed E-state index contributed by atoms with van der Waals surface area (Å²) in [6.07, 6.45) is 1.95. The van der Waals surface area contributed by atoms with Crippen LogP contribution in [-0.2, 0) is 0 Å². The van der Waals surface area contributed by atoms with Crippen molar-refractivity contribution in [2.24, 2.45) is 0 Å². The molecule has 0 atom stereocenters. The Hall–Kier alpha value is -7.85. The van der Waals surface area contributed by atoms with E-state index in [0.717, 1.165) is 28.3 Å². The zero-order valence-electron chi connectivity index (χ0n) is 34.1. The summed E-state index contributed by atoms with van der Waals surface area (Å²) in [5.74, 6) is 0. The van der Waals surface area contributed by atoms with Crippen molar-refractivity contribution in [2.75, 3.05) is 4.90 Å². The Bertz CT molecular complexity index is 3010. The second-order valence-corrected chi connectivity index (χ2v) is 19.6. The van der Waals surface area contributed by atoms with E-state index in [9.17, 15) is 0 Å². The standard InChI is InChI=1S/C59H42N2Si/c1-5-16-43(17-6-1)45-29-35-50(36-30-45)61(51-37-31-46(32-38-51)44-18-7-2-8-19-44)52-39-33-47(34-40-52)48-20-13-21-49(42-48)55-26-14-27-56-58(55)59-57(28-15-41-60-59)62(56,53-22-9-3-10-23-53)54-24-11-4-12-25-54/h1-42H. The van der Waals surface area contributed by atoms with Gasteiger partial charge < -0.3 is 4.90 Å². The average Bonchev–Trinajstić information content (AvgIpc) is 3.67. The number of anilines is 3. The minimum absolute atomic E-state index is 1.09. The zero-order valence-corrected chi connectivity index (χ0v) is 35.1. The molecule has 0 aliphatic carbocycles. The minimum Gasteiger partial charge on any atom is -0.311 e. The van der Waals surface area contributed by atoms with Crippen molar-refractivity contribution in [1.82, 2.24) is 4.98 Å². The first kappa shape index (κ1) is 37.2. The van der Waals surface area contributed by atoms with Crippen LogP contribution in [0.1, 0.15) is 0 Å². The number of benzene rings is 9. The van der Waals surface area contributed by atoms with Gasteiger partial charge in [0, 0.05) is 28.8 Å². The highest BCUT2D eigenvalue weighted by Gasteiger charge is 2.50. The van der Waals surface area contributed by atoms with Gasteiger partial charge in [-0.15, -0.1) is 0 Å². The lowest BCUT2D eigenvalue weighted by Crippen LogP contribution is -2.72. The molecule has 2 nitrogen and oxygen atoms in total. The molecule has 62 heavy (non-hydrogen) atoms. The number of aromatic nitrogens is 1. The second kappa shape index (κ2) is 16.0. The second-order valence-electron chi connectivity index (χ2n) is 15.9. The van der Waals surface area contributed by atoms with Gasteiger partial charge in [-0.05, 0) is 114 Å². The smallest absolute Gasteiger partial charge is 0.182 e. The normalized spacial score (nSPS) is 12.3. The molecule has 3 heteroatoms. The monoisotopic (exact) mass is 806 g/mol. The summed E-state index contributed by atoms with van der Waals surface area (Å²) in [7, 11) is -2.65. The first-order chi connectivity index (χ1) is 30.8. The lowest BCUT2D eigenvalue weighted by atomic mass is 9.94. The Morgan fingerprint density at radius 2 is 0.710 bits per heavy atom. The van der Waals surface area contributed by atoms with Crippen LogP contribution < -0.4 is 25.6 Å². The molecular formula is C59H42N2Si. The predicted molar refractivity (Wildman–Crippen MR) is 263 cm³/mol. The van der Waals surface area contributed by atoms with Crippen LogP contribution in [0.3, 0.4) is 0 Å². The molecule has 0 saturated heterocycles. The molecule has 292 valence electrons. The topological polar surface area (TPSA) is 16.1 Å². The van der Waals surface area contributed by atoms with Gasteiger partial charge in [0.05, 0.1) is 5.69 Å². The van der Waals surface area contributed by atoms with Crippen molar-refractivity contribution in [3.63, 3.8) is 0 Å². The highest BCUT2D eigenvalue weighted by Crippen LogP contribution is 2.40. The molecule has 1 aromatic heterocycles. The Morgan fingerprint density at radius 3 is 1.23 bits per heavy atom. The first-order valence-corrected chi connectivity index (χ1v) is 23.3. The molecule has 0 radical (unpaired) electrons. The predicted octanol–water partition coefficient (Wildman–Crippen LogP) is 12.6. The summed E-state index contributed by atoms with van der Waals surface area (Å²) in [6, 6.07) is 90.5. The van der Waals surface area contributed by atoms with Gasteiger partial charge in [0.1, 0.15) is 0 Å². The number of hydrogen-bond acceptors (Lipinski definition) is 2. The van der Waals surface area contributed by atoms with Crippen molar-refractivity contribution >= 4 is 45.9 Å². The van der Waals surface area contributed by atoms with Crippen LogP contribution in [0.15, 0.2) is 255 Å². The number of pyridine rings is 1. The van der Waals surface area contributed by atoms with Gasteiger partial charge in [0.25, 0.3) is 0 Å². The van der Waals surface area contributed by atoms with E-state index in [0.29, 0.717) is 0 Å². The Labute approximate surface area is 364 Å². The molecule has 0 N–H and O–H groups in total. The summed E-state index contributed by atoms with van der Waals surface area (Å²) < 4.78 is 0. The van der Waals surface area contributed by atoms with Crippen LogP contribution in [-0.4, -0.2) is 13.1 Å². The van der Waals surface area contributed by atoms with Gasteiger partial charge >= 0.3 is 0 Å². The molecule has 1 aliphatic heterocycles. The van der Waals surface area contributed by atoms with Gasteiger partial charge in [-0.1, -0.05) is 200 Å². The molecule has 0 saturated carbocycles. The van der Waals surface area contributed by atoms with E-state index in [1.54, 1.807) is 0 Å². The van der Waals surface area contributed by atoms with E-state index in [-0.39, 0.29) is 0 Å². The molecule has 9 aromatic carbocycles. The Balaban J connectivity index is 0.981. The molecule has 1 aliphatic rings. The number of fused-ring (bicyclic) bond motifs is 3. The van der Waals surface area contributed by atoms with Crippen LogP contribution in [0.25, 0.3) is 55.8 Å². The lowest BCUT2D eigenvalue weighted by molar-refractivity contribution is 1.28. The number of rotatable bonds is 9. The lowest BCUT2D eigenvalue weighted by Gasteiger charge is -2.31. The maximum absolute atomic E-state index is 5.16. The summed E-state index contributed by atoms with van der Waals surface area (Å²) in [6.45, 7) is 0. The van der Waals surface area contributed by atoms with Crippen molar-refractivity contribution in [3.05, 3.63) is 255 Å². The molecular weight excluding hydrogens is 765 g/mol. The molecule has 0 spiro atoms. The van der Waals surface area contributed by atoms with Crippen molar-refractivity contribution in [3.8, 4) is 55.8 Å². The van der Waals surface area contributed by atoms with E-state index >= 15 is 0 Å². The molecule has 11 rings (SSSR count). The quantitative estimate of drug-likeness (QED) is 0.135. The Morgan fingerprint density at radius 1 is 0.306 bits per heavy atom. The van der Waals surface area contributed by atoms with Gasteiger partial charge in [-0.25, -0.2) is 0 Å². The third-order valence-electron chi connectivity index (χ3n) is 12.4. The number of nitrogens with zero attached hydrogens (tertiary/aromatic N) is 2. The van der Waals surface area contributed by atoms with Crippen molar-refractivity contribution in [2.45, 2.75) is 0 Å². The fourth-order valence-corrected chi connectivity index (χ4v) is 14.7. The molecule has 10 aromatic rings. The third kappa shape index (κ3) is 6.48. The van der Waals surface area contributed by atoms with Gasteiger partial charge in [-0.3, -0.25) is 4.98 Å². The van der Waals surface area contributed by atoms with E-state index < -0.39 is 8.07 Å². The number of hydrogen-bond donors (Lipinski definition) is 0. The third-order valence-corrected chi connectivity index (χ3v) is 17.3. The fraction of sp³-hybridized carbons (Fsp3) is 0. The van der Waals surface area contributed by atoms with Crippen LogP contribution in [0, 0.1) is 0 Å². The molecule has 0 unspecified atom stereocenters. The van der Waals surface area contributed by atoms with Crippen LogP contribution in [0.4, 0.5) is 17.1 Å². The van der Waals surface area contributed by atoms with Crippen LogP contribution in [0.2, 0.25) is 0 Å². The van der Waals surface area contributed by atoms with E-state index in [1.165, 1.54) is 65.3 Å². The van der Waals surface area contributed by atoms with Crippen molar-refractivity contribution < 1.29 is 0 Å². The maximum Gasteiger partial charge on any atom is 0.182 e. The zero-order chi connectivity index (χ0) is 41.3.